The van der Waals surface area contributed by atoms with Gasteiger partial charge >= 0.3 is 0 Å². The van der Waals surface area contributed by atoms with Crippen LogP contribution in [0.25, 0.3) is 0 Å². The van der Waals surface area contributed by atoms with Crippen molar-refractivity contribution in [3.8, 4) is 0 Å². The molecule has 1 aliphatic heterocycles. The van der Waals surface area contributed by atoms with Gasteiger partial charge in [0.15, 0.2) is 0 Å². The highest BCUT2D eigenvalue weighted by Gasteiger charge is 2.18. The van der Waals surface area contributed by atoms with Gasteiger partial charge in [-0.3, -0.25) is 4.79 Å². The molecular weight excluding hydrogens is 300 g/mol. The van der Waals surface area contributed by atoms with Gasteiger partial charge in [0.1, 0.15) is 0 Å². The summed E-state index contributed by atoms with van der Waals surface area (Å²) in [7, 11) is 0. The standard InChI is InChI=1S/C19H24N4O/c1-14(16-9-5-3-6-10-16)21-18(24)17-13-20-19(22-15(17)2)23-11-7-4-8-12-23/h3,5-6,9-10,13-14H,4,7-8,11-12H2,1-2H3,(H,21,24). The molecule has 126 valence electrons. The largest absolute Gasteiger partial charge is 0.345 e. The van der Waals surface area contributed by atoms with Crippen LogP contribution in [0.15, 0.2) is 36.5 Å². The van der Waals surface area contributed by atoms with Crippen molar-refractivity contribution in [1.29, 1.82) is 0 Å². The van der Waals surface area contributed by atoms with Crippen LogP contribution in [0.5, 0.6) is 0 Å². The minimum Gasteiger partial charge on any atom is -0.345 e. The van der Waals surface area contributed by atoms with Crippen molar-refractivity contribution in [2.45, 2.75) is 39.2 Å². The number of carbonyl (C=O) groups excluding carboxylic acids is 1. The number of hydrogen-bond donors (Lipinski definition) is 1. The highest BCUT2D eigenvalue weighted by molar-refractivity contribution is 5.95. The number of aromatic nitrogens is 2. The van der Waals surface area contributed by atoms with E-state index in [1.807, 2.05) is 44.2 Å². The maximum Gasteiger partial charge on any atom is 0.255 e. The lowest BCUT2D eigenvalue weighted by Gasteiger charge is -2.27. The van der Waals surface area contributed by atoms with Crippen molar-refractivity contribution in [2.75, 3.05) is 18.0 Å². The summed E-state index contributed by atoms with van der Waals surface area (Å²) in [5.41, 5.74) is 2.34. The summed E-state index contributed by atoms with van der Waals surface area (Å²) in [5.74, 6) is 0.605. The van der Waals surface area contributed by atoms with E-state index >= 15 is 0 Å². The summed E-state index contributed by atoms with van der Waals surface area (Å²) >= 11 is 0. The molecule has 0 saturated carbocycles. The highest BCUT2D eigenvalue weighted by atomic mass is 16.1. The number of piperidine rings is 1. The Hall–Kier alpha value is -2.43. The van der Waals surface area contributed by atoms with Gasteiger partial charge in [-0.2, -0.15) is 0 Å². The molecule has 1 unspecified atom stereocenters. The highest BCUT2D eigenvalue weighted by Crippen LogP contribution is 2.18. The number of benzene rings is 1. The summed E-state index contributed by atoms with van der Waals surface area (Å²) in [5, 5.41) is 3.02. The smallest absolute Gasteiger partial charge is 0.255 e. The topological polar surface area (TPSA) is 58.1 Å². The van der Waals surface area contributed by atoms with Gasteiger partial charge in [-0.25, -0.2) is 9.97 Å². The molecule has 1 N–H and O–H groups in total. The normalized spacial score (nSPS) is 15.8. The monoisotopic (exact) mass is 324 g/mol. The zero-order chi connectivity index (χ0) is 16.9. The van der Waals surface area contributed by atoms with Gasteiger partial charge in [0.05, 0.1) is 17.3 Å². The van der Waals surface area contributed by atoms with E-state index in [9.17, 15) is 4.79 Å². The Morgan fingerprint density at radius 1 is 1.17 bits per heavy atom. The summed E-state index contributed by atoms with van der Waals surface area (Å²) in [4.78, 5) is 23.7. The van der Waals surface area contributed by atoms with Crippen molar-refractivity contribution in [1.82, 2.24) is 15.3 Å². The van der Waals surface area contributed by atoms with Crippen LogP contribution < -0.4 is 10.2 Å². The van der Waals surface area contributed by atoms with Crippen LogP contribution in [0.3, 0.4) is 0 Å². The Balaban J connectivity index is 1.70. The third-order valence-corrected chi connectivity index (χ3v) is 4.50. The van der Waals surface area contributed by atoms with Gasteiger partial charge in [-0.1, -0.05) is 30.3 Å². The van der Waals surface area contributed by atoms with Crippen LogP contribution in [0.1, 0.15) is 53.8 Å². The molecule has 0 radical (unpaired) electrons. The van der Waals surface area contributed by atoms with Crippen LogP contribution >= 0.6 is 0 Å². The molecule has 2 aromatic rings. The first-order valence-corrected chi connectivity index (χ1v) is 8.59. The van der Waals surface area contributed by atoms with Crippen LogP contribution in [-0.4, -0.2) is 29.0 Å². The summed E-state index contributed by atoms with van der Waals surface area (Å²) < 4.78 is 0. The molecule has 1 aromatic heterocycles. The SMILES string of the molecule is Cc1nc(N2CCCCC2)ncc1C(=O)NC(C)c1ccccc1. The third kappa shape index (κ3) is 3.72. The first-order valence-electron chi connectivity index (χ1n) is 8.59. The summed E-state index contributed by atoms with van der Waals surface area (Å²) in [6.45, 7) is 5.84. The molecule has 1 aliphatic rings. The van der Waals surface area contributed by atoms with E-state index in [0.29, 0.717) is 5.56 Å². The van der Waals surface area contributed by atoms with Gasteiger partial charge in [-0.05, 0) is 38.7 Å². The second-order valence-electron chi connectivity index (χ2n) is 6.32. The molecule has 2 heterocycles. The van der Waals surface area contributed by atoms with E-state index in [1.165, 1.54) is 19.3 Å². The Morgan fingerprint density at radius 3 is 2.54 bits per heavy atom. The lowest BCUT2D eigenvalue weighted by Crippen LogP contribution is -2.32. The minimum absolute atomic E-state index is 0.0557. The van der Waals surface area contributed by atoms with Crippen molar-refractivity contribution < 1.29 is 4.79 Å². The van der Waals surface area contributed by atoms with Gasteiger partial charge in [0, 0.05) is 19.3 Å². The van der Waals surface area contributed by atoms with Crippen LogP contribution in [0.4, 0.5) is 5.95 Å². The van der Waals surface area contributed by atoms with Crippen LogP contribution in [0, 0.1) is 6.92 Å². The summed E-state index contributed by atoms with van der Waals surface area (Å²) in [6, 6.07) is 9.87. The van der Waals surface area contributed by atoms with Gasteiger partial charge in [0.2, 0.25) is 5.95 Å². The van der Waals surface area contributed by atoms with Crippen LogP contribution in [0.2, 0.25) is 0 Å². The first kappa shape index (κ1) is 16.4. The Morgan fingerprint density at radius 2 is 1.88 bits per heavy atom. The number of carbonyl (C=O) groups is 1. The number of amides is 1. The number of rotatable bonds is 4. The van der Waals surface area contributed by atoms with Crippen molar-refractivity contribution >= 4 is 11.9 Å². The van der Waals surface area contributed by atoms with Gasteiger partial charge < -0.3 is 10.2 Å². The molecule has 24 heavy (non-hydrogen) atoms. The van der Waals surface area contributed by atoms with E-state index in [2.05, 4.69) is 20.2 Å². The molecule has 0 spiro atoms. The van der Waals surface area contributed by atoms with Crippen molar-refractivity contribution in [3.63, 3.8) is 0 Å². The fourth-order valence-electron chi connectivity index (χ4n) is 3.02. The maximum atomic E-state index is 12.5. The Kier molecular flexibility index (Phi) is 5.08. The van der Waals surface area contributed by atoms with E-state index in [4.69, 9.17) is 0 Å². The zero-order valence-electron chi connectivity index (χ0n) is 14.3. The molecule has 1 fully saturated rings. The van der Waals surface area contributed by atoms with Crippen LogP contribution in [-0.2, 0) is 0 Å². The second-order valence-corrected chi connectivity index (χ2v) is 6.32. The van der Waals surface area contributed by atoms with Crippen molar-refractivity contribution in [2.24, 2.45) is 0 Å². The molecule has 1 amide bonds. The predicted molar refractivity (Wildman–Crippen MR) is 95.2 cm³/mol. The maximum absolute atomic E-state index is 12.5. The Bertz CT molecular complexity index is 696. The second kappa shape index (κ2) is 7.43. The van der Waals surface area contributed by atoms with E-state index < -0.39 is 0 Å². The number of hydrogen-bond acceptors (Lipinski definition) is 4. The summed E-state index contributed by atoms with van der Waals surface area (Å²) in [6.07, 6.45) is 5.28. The lowest BCUT2D eigenvalue weighted by molar-refractivity contribution is 0.0938. The average Bonchev–Trinajstić information content (AvgIpc) is 2.63. The molecule has 0 aliphatic carbocycles. The number of nitrogens with one attached hydrogen (secondary N) is 1. The van der Waals surface area contributed by atoms with E-state index in [-0.39, 0.29) is 11.9 Å². The number of anilines is 1. The molecule has 1 saturated heterocycles. The molecule has 3 rings (SSSR count). The molecule has 5 heteroatoms. The molecule has 1 atom stereocenters. The Labute approximate surface area is 143 Å². The first-order chi connectivity index (χ1) is 11.6. The fraction of sp³-hybridized carbons (Fsp3) is 0.421. The molecule has 1 aromatic carbocycles. The molecule has 5 nitrogen and oxygen atoms in total. The van der Waals surface area contributed by atoms with Gasteiger partial charge in [0.25, 0.3) is 5.91 Å². The quantitative estimate of drug-likeness (QED) is 0.938. The lowest BCUT2D eigenvalue weighted by atomic mass is 10.1. The fourth-order valence-corrected chi connectivity index (χ4v) is 3.02. The zero-order valence-corrected chi connectivity index (χ0v) is 14.3. The van der Waals surface area contributed by atoms with E-state index in [0.717, 1.165) is 30.3 Å². The third-order valence-electron chi connectivity index (χ3n) is 4.50. The van der Waals surface area contributed by atoms with Gasteiger partial charge in [-0.15, -0.1) is 0 Å². The number of aryl methyl sites for hydroxylation is 1. The average molecular weight is 324 g/mol. The molecular formula is C19H24N4O. The predicted octanol–water partition coefficient (Wildman–Crippen LogP) is 3.27. The number of nitrogens with zero attached hydrogens (tertiary/aromatic N) is 3. The minimum atomic E-state index is -0.131. The molecule has 0 bridgehead atoms. The van der Waals surface area contributed by atoms with Crippen molar-refractivity contribution in [3.05, 3.63) is 53.3 Å². The van der Waals surface area contributed by atoms with E-state index in [1.54, 1.807) is 6.20 Å².